The van der Waals surface area contributed by atoms with E-state index in [1.807, 2.05) is 61.5 Å². The molecule has 0 saturated heterocycles. The van der Waals surface area contributed by atoms with Gasteiger partial charge in [0.15, 0.2) is 0 Å². The summed E-state index contributed by atoms with van der Waals surface area (Å²) in [6, 6.07) is 22.5. The Bertz CT molecular complexity index is 1050. The van der Waals surface area contributed by atoms with E-state index in [1.54, 1.807) is 24.3 Å². The van der Waals surface area contributed by atoms with Gasteiger partial charge in [-0.2, -0.15) is 0 Å². The standard InChI is InChI=1S/C25H21NO4/c1-17-11-13-19(14-12-17)16-30-25(29)22(15-18-7-3-2-4-8-18)26-23(27)20-9-5-6-10-21(20)24(26)28/h2-14,22H,15-16H2,1H3/t22-/m0/s1. The van der Waals surface area contributed by atoms with Crippen molar-refractivity contribution in [1.29, 1.82) is 0 Å². The first-order valence-corrected chi connectivity index (χ1v) is 9.77. The predicted octanol–water partition coefficient (Wildman–Crippen LogP) is 3.95. The zero-order valence-electron chi connectivity index (χ0n) is 16.6. The van der Waals surface area contributed by atoms with Crippen molar-refractivity contribution in [3.63, 3.8) is 0 Å². The number of aryl methyl sites for hydroxylation is 1. The van der Waals surface area contributed by atoms with E-state index in [0.29, 0.717) is 11.1 Å². The van der Waals surface area contributed by atoms with Crippen LogP contribution in [-0.2, 0) is 22.6 Å². The summed E-state index contributed by atoms with van der Waals surface area (Å²) in [6.07, 6.45) is 0.193. The van der Waals surface area contributed by atoms with Crippen LogP contribution in [0, 0.1) is 6.92 Å². The smallest absolute Gasteiger partial charge is 0.330 e. The summed E-state index contributed by atoms with van der Waals surface area (Å²) in [4.78, 5) is 40.0. The normalized spacial score (nSPS) is 13.8. The van der Waals surface area contributed by atoms with Crippen LogP contribution in [0.2, 0.25) is 0 Å². The molecule has 0 saturated carbocycles. The van der Waals surface area contributed by atoms with E-state index in [2.05, 4.69) is 0 Å². The zero-order chi connectivity index (χ0) is 21.1. The van der Waals surface area contributed by atoms with E-state index >= 15 is 0 Å². The third-order valence-electron chi connectivity index (χ3n) is 5.18. The molecule has 1 aliphatic rings. The number of nitrogens with zero attached hydrogens (tertiary/aromatic N) is 1. The molecule has 3 aromatic rings. The van der Waals surface area contributed by atoms with Crippen LogP contribution in [0.25, 0.3) is 0 Å². The fraction of sp³-hybridized carbons (Fsp3) is 0.160. The Hall–Kier alpha value is -3.73. The van der Waals surface area contributed by atoms with Gasteiger partial charge in [-0.3, -0.25) is 14.5 Å². The minimum Gasteiger partial charge on any atom is -0.459 e. The summed E-state index contributed by atoms with van der Waals surface area (Å²) >= 11 is 0. The number of benzene rings is 3. The van der Waals surface area contributed by atoms with E-state index in [0.717, 1.165) is 21.6 Å². The fourth-order valence-corrected chi connectivity index (χ4v) is 3.54. The van der Waals surface area contributed by atoms with Crippen molar-refractivity contribution in [2.75, 3.05) is 0 Å². The number of hydrogen-bond acceptors (Lipinski definition) is 4. The minimum atomic E-state index is -1.04. The highest BCUT2D eigenvalue weighted by molar-refractivity contribution is 6.22. The molecule has 4 rings (SSSR count). The summed E-state index contributed by atoms with van der Waals surface area (Å²) in [5.74, 6) is -1.54. The third-order valence-corrected chi connectivity index (χ3v) is 5.18. The Kier molecular flexibility index (Phi) is 5.44. The summed E-state index contributed by atoms with van der Waals surface area (Å²) in [7, 11) is 0. The molecule has 0 fully saturated rings. The Labute approximate surface area is 174 Å². The highest BCUT2D eigenvalue weighted by Crippen LogP contribution is 2.26. The molecular weight excluding hydrogens is 378 g/mol. The molecule has 5 nitrogen and oxygen atoms in total. The lowest BCUT2D eigenvalue weighted by Gasteiger charge is -2.24. The van der Waals surface area contributed by atoms with Gasteiger partial charge in [-0.1, -0.05) is 72.3 Å². The molecule has 0 spiro atoms. The lowest BCUT2D eigenvalue weighted by atomic mass is 10.0. The van der Waals surface area contributed by atoms with Crippen LogP contribution in [0.1, 0.15) is 37.4 Å². The molecule has 0 N–H and O–H groups in total. The van der Waals surface area contributed by atoms with Gasteiger partial charge in [-0.05, 0) is 30.2 Å². The van der Waals surface area contributed by atoms with E-state index in [9.17, 15) is 14.4 Å². The molecule has 1 atom stereocenters. The van der Waals surface area contributed by atoms with E-state index < -0.39 is 23.8 Å². The van der Waals surface area contributed by atoms with Gasteiger partial charge in [-0.15, -0.1) is 0 Å². The largest absolute Gasteiger partial charge is 0.459 e. The minimum absolute atomic E-state index is 0.0770. The maximum absolute atomic E-state index is 13.0. The van der Waals surface area contributed by atoms with Crippen LogP contribution in [0.15, 0.2) is 78.9 Å². The maximum atomic E-state index is 13.0. The first kappa shape index (κ1) is 19.6. The van der Waals surface area contributed by atoms with E-state index in [4.69, 9.17) is 4.74 Å². The van der Waals surface area contributed by atoms with Crippen LogP contribution >= 0.6 is 0 Å². The van der Waals surface area contributed by atoms with Gasteiger partial charge < -0.3 is 4.74 Å². The molecule has 30 heavy (non-hydrogen) atoms. The van der Waals surface area contributed by atoms with Gasteiger partial charge in [0.1, 0.15) is 12.6 Å². The molecular formula is C25H21NO4. The summed E-state index contributed by atoms with van der Waals surface area (Å²) in [6.45, 7) is 2.06. The van der Waals surface area contributed by atoms with Gasteiger partial charge in [0.2, 0.25) is 0 Å². The molecule has 0 aliphatic carbocycles. The molecule has 5 heteroatoms. The van der Waals surface area contributed by atoms with Crippen LogP contribution in [-0.4, -0.2) is 28.7 Å². The fourth-order valence-electron chi connectivity index (χ4n) is 3.54. The monoisotopic (exact) mass is 399 g/mol. The molecule has 1 heterocycles. The van der Waals surface area contributed by atoms with Crippen LogP contribution in [0.5, 0.6) is 0 Å². The third kappa shape index (κ3) is 3.87. The number of hydrogen-bond donors (Lipinski definition) is 0. The SMILES string of the molecule is Cc1ccc(COC(=O)[C@H](Cc2ccccc2)N2C(=O)c3ccccc3C2=O)cc1. The second-order valence-corrected chi connectivity index (χ2v) is 7.32. The van der Waals surface area contributed by atoms with Gasteiger partial charge in [0.05, 0.1) is 11.1 Å². The topological polar surface area (TPSA) is 63.7 Å². The molecule has 2 amide bonds. The molecule has 0 unspecified atom stereocenters. The van der Waals surface area contributed by atoms with E-state index in [-0.39, 0.29) is 13.0 Å². The second kappa shape index (κ2) is 8.33. The number of esters is 1. The van der Waals surface area contributed by atoms with Crippen molar-refractivity contribution < 1.29 is 19.1 Å². The Morgan fingerprint density at radius 3 is 1.97 bits per heavy atom. The lowest BCUT2D eigenvalue weighted by Crippen LogP contribution is -2.47. The highest BCUT2D eigenvalue weighted by atomic mass is 16.5. The van der Waals surface area contributed by atoms with Crippen molar-refractivity contribution in [3.8, 4) is 0 Å². The first-order valence-electron chi connectivity index (χ1n) is 9.77. The highest BCUT2D eigenvalue weighted by Gasteiger charge is 2.43. The molecule has 150 valence electrons. The van der Waals surface area contributed by atoms with Gasteiger partial charge in [-0.25, -0.2) is 4.79 Å². The van der Waals surface area contributed by atoms with E-state index in [1.165, 1.54) is 0 Å². The maximum Gasteiger partial charge on any atom is 0.330 e. The quantitative estimate of drug-likeness (QED) is 0.465. The lowest BCUT2D eigenvalue weighted by molar-refractivity contribution is -0.149. The summed E-state index contributed by atoms with van der Waals surface area (Å²) < 4.78 is 5.53. The number of carbonyl (C=O) groups is 3. The average Bonchev–Trinajstić information content (AvgIpc) is 3.02. The summed E-state index contributed by atoms with van der Waals surface area (Å²) in [5.41, 5.74) is 3.41. The number of fused-ring (bicyclic) bond motifs is 1. The number of amides is 2. The number of ether oxygens (including phenoxy) is 1. The predicted molar refractivity (Wildman–Crippen MR) is 112 cm³/mol. The molecule has 0 radical (unpaired) electrons. The second-order valence-electron chi connectivity index (χ2n) is 7.32. The number of carbonyl (C=O) groups excluding carboxylic acids is 3. The molecule has 1 aliphatic heterocycles. The Balaban J connectivity index is 1.60. The van der Waals surface area contributed by atoms with Crippen molar-refractivity contribution >= 4 is 17.8 Å². The molecule has 0 bridgehead atoms. The Morgan fingerprint density at radius 2 is 1.37 bits per heavy atom. The van der Waals surface area contributed by atoms with Gasteiger partial charge >= 0.3 is 5.97 Å². The van der Waals surface area contributed by atoms with Crippen molar-refractivity contribution in [3.05, 3.63) is 107 Å². The number of imide groups is 1. The first-order chi connectivity index (χ1) is 14.5. The average molecular weight is 399 g/mol. The molecule has 3 aromatic carbocycles. The van der Waals surface area contributed by atoms with Crippen molar-refractivity contribution in [2.45, 2.75) is 26.0 Å². The van der Waals surface area contributed by atoms with Gasteiger partial charge in [0.25, 0.3) is 11.8 Å². The van der Waals surface area contributed by atoms with Crippen LogP contribution in [0.3, 0.4) is 0 Å². The number of rotatable bonds is 6. The molecule has 0 aromatic heterocycles. The van der Waals surface area contributed by atoms with Crippen LogP contribution < -0.4 is 0 Å². The Morgan fingerprint density at radius 1 is 0.800 bits per heavy atom. The summed E-state index contributed by atoms with van der Waals surface area (Å²) in [5, 5.41) is 0. The van der Waals surface area contributed by atoms with Crippen LogP contribution in [0.4, 0.5) is 0 Å². The van der Waals surface area contributed by atoms with Crippen molar-refractivity contribution in [1.82, 2.24) is 4.90 Å². The van der Waals surface area contributed by atoms with Gasteiger partial charge in [0, 0.05) is 6.42 Å². The van der Waals surface area contributed by atoms with Crippen molar-refractivity contribution in [2.24, 2.45) is 0 Å². The zero-order valence-corrected chi connectivity index (χ0v) is 16.6.